The molecule has 0 bridgehead atoms. The lowest BCUT2D eigenvalue weighted by Gasteiger charge is -2.30. The van der Waals surface area contributed by atoms with Gasteiger partial charge >= 0.3 is 17.8 Å². The topological polar surface area (TPSA) is 98.5 Å². The summed E-state index contributed by atoms with van der Waals surface area (Å²) in [5.74, 6) is -1.97. The number of anilines is 1. The SMILES string of the molecule is COC(=O)c1ccc(NC(=O)CN2CCC(n3nc(C(F)(F)F)n(C)c3=O)CC2)cc1. The zero-order chi connectivity index (χ0) is 22.8. The number of amides is 1. The van der Waals surface area contributed by atoms with E-state index in [0.29, 0.717) is 41.7 Å². The largest absolute Gasteiger partial charge is 0.465 e. The van der Waals surface area contributed by atoms with Crippen molar-refractivity contribution in [2.24, 2.45) is 7.05 Å². The van der Waals surface area contributed by atoms with Gasteiger partial charge in [0.1, 0.15) is 0 Å². The van der Waals surface area contributed by atoms with Gasteiger partial charge in [-0.25, -0.2) is 14.3 Å². The van der Waals surface area contributed by atoms with Crippen molar-refractivity contribution in [3.8, 4) is 0 Å². The second kappa shape index (κ2) is 8.92. The Hall–Kier alpha value is -3.15. The Kier molecular flexibility index (Phi) is 6.48. The summed E-state index contributed by atoms with van der Waals surface area (Å²) in [7, 11) is 2.33. The molecule has 0 spiro atoms. The van der Waals surface area contributed by atoms with Crippen molar-refractivity contribution < 1.29 is 27.5 Å². The molecule has 1 aliphatic rings. The zero-order valence-electron chi connectivity index (χ0n) is 17.0. The van der Waals surface area contributed by atoms with Crippen LogP contribution < -0.4 is 11.0 Å². The first-order chi connectivity index (χ1) is 14.6. The van der Waals surface area contributed by atoms with Crippen LogP contribution in [0, 0.1) is 0 Å². The van der Waals surface area contributed by atoms with E-state index < -0.39 is 29.7 Å². The van der Waals surface area contributed by atoms with Crippen molar-refractivity contribution in [1.82, 2.24) is 19.2 Å². The van der Waals surface area contributed by atoms with Gasteiger partial charge in [-0.15, -0.1) is 5.10 Å². The number of hydrogen-bond acceptors (Lipinski definition) is 6. The van der Waals surface area contributed by atoms with Crippen LogP contribution in [0.5, 0.6) is 0 Å². The van der Waals surface area contributed by atoms with Crippen molar-refractivity contribution in [2.75, 3.05) is 32.1 Å². The number of alkyl halides is 3. The number of benzene rings is 1. The molecule has 1 amide bonds. The maximum atomic E-state index is 13.0. The standard InChI is InChI=1S/C19H22F3N5O4/c1-25-17(19(20,21)22)24-27(18(25)30)14-7-9-26(10-8-14)11-15(28)23-13-5-3-12(4-6-13)16(29)31-2/h3-6,14H,7-11H2,1-2H3,(H,23,28). The molecule has 168 valence electrons. The second-order valence-corrected chi connectivity index (χ2v) is 7.23. The molecule has 9 nitrogen and oxygen atoms in total. The van der Waals surface area contributed by atoms with Crippen LogP contribution in [0.3, 0.4) is 0 Å². The Morgan fingerprint density at radius 2 is 1.81 bits per heavy atom. The number of nitrogens with zero attached hydrogens (tertiary/aromatic N) is 4. The van der Waals surface area contributed by atoms with Crippen LogP contribution in [-0.4, -0.2) is 57.9 Å². The summed E-state index contributed by atoms with van der Waals surface area (Å²) in [5, 5.41) is 6.21. The molecule has 12 heteroatoms. The molecule has 1 aromatic heterocycles. The van der Waals surface area contributed by atoms with Crippen LogP contribution in [0.2, 0.25) is 0 Å². The second-order valence-electron chi connectivity index (χ2n) is 7.23. The molecule has 2 heterocycles. The minimum absolute atomic E-state index is 0.0936. The fraction of sp³-hybridized carbons (Fsp3) is 0.474. The highest BCUT2D eigenvalue weighted by molar-refractivity contribution is 5.93. The average Bonchev–Trinajstić information content (AvgIpc) is 3.03. The summed E-state index contributed by atoms with van der Waals surface area (Å²) in [6.45, 7) is 0.962. The van der Waals surface area contributed by atoms with Gasteiger partial charge in [-0.2, -0.15) is 13.2 Å². The lowest BCUT2D eigenvalue weighted by Crippen LogP contribution is -2.41. The number of aromatic nitrogens is 3. The monoisotopic (exact) mass is 441 g/mol. The molecule has 1 N–H and O–H groups in total. The molecule has 1 fully saturated rings. The van der Waals surface area contributed by atoms with E-state index in [0.717, 1.165) is 11.7 Å². The van der Waals surface area contributed by atoms with E-state index in [-0.39, 0.29) is 12.5 Å². The molecular weight excluding hydrogens is 419 g/mol. The van der Waals surface area contributed by atoms with E-state index in [9.17, 15) is 27.6 Å². The van der Waals surface area contributed by atoms with E-state index in [1.807, 2.05) is 4.90 Å². The highest BCUT2D eigenvalue weighted by Gasteiger charge is 2.39. The number of nitrogens with one attached hydrogen (secondary N) is 1. The molecule has 0 atom stereocenters. The number of carbonyl (C=O) groups is 2. The van der Waals surface area contributed by atoms with Gasteiger partial charge in [-0.1, -0.05) is 0 Å². The van der Waals surface area contributed by atoms with Crippen LogP contribution in [0.15, 0.2) is 29.1 Å². The number of piperidine rings is 1. The predicted molar refractivity (Wildman–Crippen MR) is 104 cm³/mol. The number of halogens is 3. The third-order valence-electron chi connectivity index (χ3n) is 5.12. The molecule has 1 aliphatic heterocycles. The van der Waals surface area contributed by atoms with Crippen molar-refractivity contribution in [1.29, 1.82) is 0 Å². The summed E-state index contributed by atoms with van der Waals surface area (Å²) in [5.41, 5.74) is 0.0761. The number of carbonyl (C=O) groups excluding carboxylic acids is 2. The molecule has 1 aromatic carbocycles. The summed E-state index contributed by atoms with van der Waals surface area (Å²) in [6.07, 6.45) is -3.91. The van der Waals surface area contributed by atoms with E-state index in [1.165, 1.54) is 19.2 Å². The van der Waals surface area contributed by atoms with Crippen LogP contribution in [-0.2, 0) is 22.8 Å². The van der Waals surface area contributed by atoms with Gasteiger partial charge in [0.25, 0.3) is 0 Å². The molecule has 0 aliphatic carbocycles. The smallest absolute Gasteiger partial charge is 0.451 e. The highest BCUT2D eigenvalue weighted by atomic mass is 19.4. The number of ether oxygens (including phenoxy) is 1. The molecule has 1 saturated heterocycles. The Balaban J connectivity index is 1.54. The Labute approximate surface area is 175 Å². The van der Waals surface area contributed by atoms with Gasteiger partial charge in [0.05, 0.1) is 25.3 Å². The Bertz CT molecular complexity index is 1010. The average molecular weight is 441 g/mol. The van der Waals surface area contributed by atoms with Gasteiger partial charge < -0.3 is 10.1 Å². The Morgan fingerprint density at radius 3 is 2.32 bits per heavy atom. The number of hydrogen-bond donors (Lipinski definition) is 1. The minimum Gasteiger partial charge on any atom is -0.465 e. The summed E-state index contributed by atoms with van der Waals surface area (Å²) < 4.78 is 44.9. The van der Waals surface area contributed by atoms with Gasteiger partial charge in [0, 0.05) is 25.8 Å². The fourth-order valence-electron chi connectivity index (χ4n) is 3.47. The van der Waals surface area contributed by atoms with Crippen molar-refractivity contribution >= 4 is 17.6 Å². The highest BCUT2D eigenvalue weighted by Crippen LogP contribution is 2.28. The number of methoxy groups -OCH3 is 1. The van der Waals surface area contributed by atoms with E-state index in [2.05, 4.69) is 15.2 Å². The first kappa shape index (κ1) is 22.5. The first-order valence-corrected chi connectivity index (χ1v) is 9.53. The van der Waals surface area contributed by atoms with Gasteiger partial charge in [-0.05, 0) is 37.1 Å². The predicted octanol–water partition coefficient (Wildman–Crippen LogP) is 1.66. The maximum Gasteiger partial charge on any atom is 0.451 e. The van der Waals surface area contributed by atoms with Crippen LogP contribution >= 0.6 is 0 Å². The van der Waals surface area contributed by atoms with Crippen LogP contribution in [0.4, 0.5) is 18.9 Å². The molecular formula is C19H22F3N5O4. The third kappa shape index (κ3) is 5.13. The molecule has 2 aromatic rings. The van der Waals surface area contributed by atoms with Gasteiger partial charge in [0.15, 0.2) is 0 Å². The summed E-state index contributed by atoms with van der Waals surface area (Å²) in [4.78, 5) is 37.7. The molecule has 31 heavy (non-hydrogen) atoms. The Morgan fingerprint density at radius 1 is 1.19 bits per heavy atom. The molecule has 0 radical (unpaired) electrons. The zero-order valence-corrected chi connectivity index (χ0v) is 17.0. The molecule has 3 rings (SSSR count). The normalized spacial score (nSPS) is 15.6. The van der Waals surface area contributed by atoms with Crippen molar-refractivity contribution in [3.05, 3.63) is 46.1 Å². The van der Waals surface area contributed by atoms with Crippen LogP contribution in [0.25, 0.3) is 0 Å². The maximum absolute atomic E-state index is 13.0. The fourth-order valence-corrected chi connectivity index (χ4v) is 3.47. The van der Waals surface area contributed by atoms with E-state index in [1.54, 1.807) is 12.1 Å². The first-order valence-electron chi connectivity index (χ1n) is 9.53. The van der Waals surface area contributed by atoms with E-state index in [4.69, 9.17) is 0 Å². The third-order valence-corrected chi connectivity index (χ3v) is 5.12. The van der Waals surface area contributed by atoms with E-state index >= 15 is 0 Å². The van der Waals surface area contributed by atoms with Crippen LogP contribution in [0.1, 0.15) is 35.1 Å². The lowest BCUT2D eigenvalue weighted by molar-refractivity contribution is -0.147. The summed E-state index contributed by atoms with van der Waals surface area (Å²) in [6, 6.07) is 5.78. The molecule has 0 saturated carbocycles. The number of esters is 1. The molecule has 0 unspecified atom stereocenters. The quantitative estimate of drug-likeness (QED) is 0.709. The minimum atomic E-state index is -4.70. The van der Waals surface area contributed by atoms with Crippen molar-refractivity contribution in [2.45, 2.75) is 25.1 Å². The van der Waals surface area contributed by atoms with Gasteiger partial charge in [0.2, 0.25) is 11.7 Å². The lowest BCUT2D eigenvalue weighted by atomic mass is 10.1. The van der Waals surface area contributed by atoms with Crippen molar-refractivity contribution in [3.63, 3.8) is 0 Å². The van der Waals surface area contributed by atoms with Gasteiger partial charge in [-0.3, -0.25) is 14.3 Å². The summed E-state index contributed by atoms with van der Waals surface area (Å²) >= 11 is 0. The number of likely N-dealkylation sites (tertiary alicyclic amines) is 1. The number of rotatable bonds is 5.